The summed E-state index contributed by atoms with van der Waals surface area (Å²) >= 11 is 3.03. The van der Waals surface area contributed by atoms with E-state index in [1.54, 1.807) is 12.1 Å². The third-order valence-corrected chi connectivity index (χ3v) is 10.0. The average Bonchev–Trinajstić information content (AvgIpc) is 3.74. The zero-order chi connectivity index (χ0) is 30.2. The lowest BCUT2D eigenvalue weighted by Gasteiger charge is -2.19. The summed E-state index contributed by atoms with van der Waals surface area (Å²) in [4.78, 5) is 55.8. The Kier molecular flexibility index (Phi) is 7.30. The fraction of sp³-hybridized carbons (Fsp3) is 0.0526. The summed E-state index contributed by atoms with van der Waals surface area (Å²) in [5.74, 6) is -0.938. The quantitative estimate of drug-likeness (QED) is 0.128. The molecule has 212 valence electrons. The Morgan fingerprint density at radius 2 is 0.864 bits per heavy atom. The van der Waals surface area contributed by atoms with Crippen LogP contribution in [0.1, 0.15) is 51.2 Å². The molecular formula is C38H24O4S2. The first-order valence-corrected chi connectivity index (χ1v) is 15.8. The number of fused-ring (bicyclic) bond motifs is 3. The van der Waals surface area contributed by atoms with E-state index in [9.17, 15) is 19.2 Å². The van der Waals surface area contributed by atoms with E-state index in [0.29, 0.717) is 35.1 Å². The molecule has 0 saturated carbocycles. The summed E-state index contributed by atoms with van der Waals surface area (Å²) in [6.45, 7) is 0. The molecule has 7 rings (SSSR count). The molecule has 2 heterocycles. The molecule has 0 radical (unpaired) electrons. The van der Waals surface area contributed by atoms with E-state index >= 15 is 0 Å². The molecule has 4 aromatic carbocycles. The van der Waals surface area contributed by atoms with Gasteiger partial charge in [0.15, 0.2) is 11.6 Å². The Balaban J connectivity index is 1.13. The number of thiophene rings is 2. The van der Waals surface area contributed by atoms with Crippen molar-refractivity contribution in [1.29, 1.82) is 0 Å². The molecule has 0 amide bonds. The van der Waals surface area contributed by atoms with Crippen LogP contribution in [0.5, 0.6) is 0 Å². The van der Waals surface area contributed by atoms with Gasteiger partial charge in [0, 0.05) is 54.6 Å². The first-order chi connectivity index (χ1) is 21.4. The van der Waals surface area contributed by atoms with Crippen LogP contribution in [0.25, 0.3) is 32.0 Å². The lowest BCUT2D eigenvalue weighted by molar-refractivity contribution is 0.0815. The summed E-state index contributed by atoms with van der Waals surface area (Å²) in [6.07, 6.45) is 0.615. The van der Waals surface area contributed by atoms with E-state index in [0.717, 1.165) is 41.8 Å². The van der Waals surface area contributed by atoms with Crippen molar-refractivity contribution < 1.29 is 19.2 Å². The Morgan fingerprint density at radius 1 is 0.455 bits per heavy atom. The molecule has 0 atom stereocenters. The van der Waals surface area contributed by atoms with Crippen molar-refractivity contribution in [3.63, 3.8) is 0 Å². The van der Waals surface area contributed by atoms with Gasteiger partial charge in [0.1, 0.15) is 0 Å². The van der Waals surface area contributed by atoms with Crippen molar-refractivity contribution in [1.82, 2.24) is 0 Å². The lowest BCUT2D eigenvalue weighted by Crippen LogP contribution is -2.21. The predicted molar refractivity (Wildman–Crippen MR) is 176 cm³/mol. The van der Waals surface area contributed by atoms with Crippen LogP contribution in [0.4, 0.5) is 0 Å². The molecule has 1 aliphatic rings. The molecule has 0 unspecified atom stereocenters. The smallest absolute Gasteiger partial charge is 0.234 e. The molecule has 0 fully saturated rings. The molecule has 4 nitrogen and oxygen atoms in total. The minimum Gasteiger partial charge on any atom is -0.294 e. The Bertz CT molecular complexity index is 1930. The minimum atomic E-state index is -0.525. The fourth-order valence-electron chi connectivity index (χ4n) is 5.51. The van der Waals surface area contributed by atoms with E-state index in [1.807, 2.05) is 109 Å². The summed E-state index contributed by atoms with van der Waals surface area (Å²) < 4.78 is 0. The molecule has 1 aliphatic carbocycles. The number of hydrogen-bond acceptors (Lipinski definition) is 6. The van der Waals surface area contributed by atoms with Crippen LogP contribution in [0.15, 0.2) is 121 Å². The molecule has 0 bridgehead atoms. The van der Waals surface area contributed by atoms with Crippen LogP contribution in [-0.4, -0.2) is 23.1 Å². The van der Waals surface area contributed by atoms with Gasteiger partial charge in [0.25, 0.3) is 0 Å². The largest absolute Gasteiger partial charge is 0.294 e. The Hall–Kier alpha value is -5.04. The second-order valence-electron chi connectivity index (χ2n) is 10.6. The van der Waals surface area contributed by atoms with Crippen molar-refractivity contribution in [2.24, 2.45) is 0 Å². The molecular weight excluding hydrogens is 585 g/mol. The normalized spacial score (nSPS) is 12.1. The van der Waals surface area contributed by atoms with E-state index < -0.39 is 11.6 Å². The number of carbonyl (C=O) groups is 4. The van der Waals surface area contributed by atoms with Gasteiger partial charge >= 0.3 is 0 Å². The van der Waals surface area contributed by atoms with Gasteiger partial charge in [-0.2, -0.15) is 0 Å². The number of Topliss-reactive ketones (excluding diaryl/α,β-unsaturated/α-hetero) is 4. The predicted octanol–water partition coefficient (Wildman–Crippen LogP) is 9.04. The highest BCUT2D eigenvalue weighted by molar-refractivity contribution is 7.16. The van der Waals surface area contributed by atoms with Gasteiger partial charge in [-0.3, -0.25) is 19.2 Å². The van der Waals surface area contributed by atoms with Gasteiger partial charge in [0.05, 0.1) is 0 Å². The van der Waals surface area contributed by atoms with E-state index in [4.69, 9.17) is 0 Å². The standard InChI is InChI=1S/C38H24O4S2/c39-33(23-7-3-1-4-8-23)21-27-13-17-35(43-27)25-11-15-29-30-16-12-26(20-32(30)38(42)37(41)31(29)19-25)36-18-14-28(44-36)22-34(40)24-9-5-2-6-10-24/h1-20H,21-22H2. The fourth-order valence-corrected chi connectivity index (χ4v) is 7.52. The van der Waals surface area contributed by atoms with Crippen LogP contribution in [0.3, 0.4) is 0 Å². The molecule has 6 aromatic rings. The van der Waals surface area contributed by atoms with Crippen molar-refractivity contribution in [2.75, 3.05) is 0 Å². The average molecular weight is 609 g/mol. The maximum absolute atomic E-state index is 13.4. The number of hydrogen-bond donors (Lipinski definition) is 0. The molecule has 0 spiro atoms. The second kappa shape index (κ2) is 11.6. The van der Waals surface area contributed by atoms with Crippen molar-refractivity contribution in [3.05, 3.63) is 153 Å². The van der Waals surface area contributed by atoms with Crippen LogP contribution in [-0.2, 0) is 12.8 Å². The molecule has 0 aliphatic heterocycles. The van der Waals surface area contributed by atoms with Crippen molar-refractivity contribution in [2.45, 2.75) is 12.8 Å². The van der Waals surface area contributed by atoms with Crippen molar-refractivity contribution in [3.8, 4) is 32.0 Å². The summed E-state index contributed by atoms with van der Waals surface area (Å²) in [5, 5.41) is 0. The van der Waals surface area contributed by atoms with Gasteiger partial charge < -0.3 is 0 Å². The number of carbonyl (C=O) groups excluding carboxylic acids is 4. The van der Waals surface area contributed by atoms with Crippen LogP contribution in [0.2, 0.25) is 0 Å². The van der Waals surface area contributed by atoms with Crippen LogP contribution < -0.4 is 0 Å². The highest BCUT2D eigenvalue weighted by Crippen LogP contribution is 2.40. The summed E-state index contributed by atoms with van der Waals surface area (Å²) in [6, 6.07) is 37.6. The first kappa shape index (κ1) is 27.8. The number of rotatable bonds is 8. The van der Waals surface area contributed by atoms with E-state index in [2.05, 4.69) is 0 Å². The van der Waals surface area contributed by atoms with Gasteiger partial charge in [0.2, 0.25) is 11.6 Å². The van der Waals surface area contributed by atoms with Crippen molar-refractivity contribution >= 4 is 45.8 Å². The third-order valence-electron chi connectivity index (χ3n) is 7.78. The monoisotopic (exact) mass is 608 g/mol. The van der Waals surface area contributed by atoms with Gasteiger partial charge in [-0.15, -0.1) is 22.7 Å². The molecule has 0 saturated heterocycles. The van der Waals surface area contributed by atoms with E-state index in [-0.39, 0.29) is 11.6 Å². The number of ketones is 4. The van der Waals surface area contributed by atoms with Gasteiger partial charge in [-0.1, -0.05) is 84.9 Å². The Morgan fingerprint density at radius 3 is 1.27 bits per heavy atom. The lowest BCUT2D eigenvalue weighted by atomic mass is 9.82. The first-order valence-electron chi connectivity index (χ1n) is 14.2. The van der Waals surface area contributed by atoms with Gasteiger partial charge in [-0.05, 0) is 58.7 Å². The highest BCUT2D eigenvalue weighted by atomic mass is 32.1. The van der Waals surface area contributed by atoms with Crippen LogP contribution in [0, 0.1) is 0 Å². The molecule has 2 aromatic heterocycles. The van der Waals surface area contributed by atoms with E-state index in [1.165, 1.54) is 22.7 Å². The summed E-state index contributed by atoms with van der Waals surface area (Å²) in [5.41, 5.74) is 5.28. The highest BCUT2D eigenvalue weighted by Gasteiger charge is 2.31. The second-order valence-corrected chi connectivity index (χ2v) is 13.0. The topological polar surface area (TPSA) is 68.3 Å². The number of benzene rings is 4. The molecule has 0 N–H and O–H groups in total. The maximum Gasteiger partial charge on any atom is 0.234 e. The SMILES string of the molecule is O=C(Cc1ccc(-c2ccc3c(c2)C(=O)C(=O)c2cc(-c4ccc(CC(=O)c5ccccc5)s4)ccc2-3)s1)c1ccccc1. The zero-order valence-electron chi connectivity index (χ0n) is 23.4. The van der Waals surface area contributed by atoms with Gasteiger partial charge in [-0.25, -0.2) is 0 Å². The molecule has 6 heteroatoms. The zero-order valence-corrected chi connectivity index (χ0v) is 25.0. The minimum absolute atomic E-state index is 0.0561. The summed E-state index contributed by atoms with van der Waals surface area (Å²) in [7, 11) is 0. The Labute approximate surface area is 262 Å². The van der Waals surface area contributed by atoms with Crippen LogP contribution >= 0.6 is 22.7 Å². The molecule has 44 heavy (non-hydrogen) atoms. The maximum atomic E-state index is 13.4. The third kappa shape index (κ3) is 5.30.